The van der Waals surface area contributed by atoms with Gasteiger partial charge in [0.25, 0.3) is 0 Å². The fraction of sp³-hybridized carbons (Fsp3) is 0.353. The van der Waals surface area contributed by atoms with E-state index < -0.39 is 39.0 Å². The Morgan fingerprint density at radius 1 is 0.481 bits per heavy atom. The second-order valence-corrected chi connectivity index (χ2v) is 26.8. The molecule has 0 saturated carbocycles. The normalized spacial score (nSPS) is 14.8. The second kappa shape index (κ2) is 17.8. The van der Waals surface area contributed by atoms with Crippen LogP contribution < -0.4 is 9.47 Å². The first-order valence-electron chi connectivity index (χ1n) is 15.6. The molecule has 0 bridgehead atoms. The van der Waals surface area contributed by atoms with Crippen molar-refractivity contribution in [1.29, 1.82) is 0 Å². The Morgan fingerprint density at radius 2 is 0.750 bits per heavy atom. The van der Waals surface area contributed by atoms with Gasteiger partial charge < -0.3 is 9.47 Å². The van der Waals surface area contributed by atoms with E-state index in [0.717, 1.165) is 48.3 Å². The van der Waals surface area contributed by atoms with Crippen molar-refractivity contribution in [2.45, 2.75) is 49.3 Å². The van der Waals surface area contributed by atoms with Crippen molar-refractivity contribution in [3.63, 3.8) is 0 Å². The van der Waals surface area contributed by atoms with Gasteiger partial charge in [-0.3, -0.25) is 0 Å². The van der Waals surface area contributed by atoms with Crippen LogP contribution in [-0.2, 0) is 21.8 Å². The molecule has 0 aliphatic rings. The van der Waals surface area contributed by atoms with Crippen LogP contribution in [0, 0.1) is 0 Å². The molecule has 3 aromatic carbocycles. The molecule has 0 aliphatic carbocycles. The molecule has 0 unspecified atom stereocenters. The summed E-state index contributed by atoms with van der Waals surface area (Å²) >= 11 is -22.5. The molecule has 0 N–H and O–H groups in total. The van der Waals surface area contributed by atoms with Gasteiger partial charge in [-0.1, -0.05) is 75.3 Å². The first kappa shape index (κ1) is 48.3. The van der Waals surface area contributed by atoms with Gasteiger partial charge in [-0.2, -0.15) is 0 Å². The van der Waals surface area contributed by atoms with Crippen molar-refractivity contribution in [1.82, 2.24) is 0 Å². The van der Waals surface area contributed by atoms with Crippen molar-refractivity contribution >= 4 is 85.0 Å². The Balaban J connectivity index is 0.000000812. The average Bonchev–Trinajstić information content (AvgIpc) is 2.97. The van der Waals surface area contributed by atoms with Crippen LogP contribution in [0.5, 0.6) is 11.5 Å². The van der Waals surface area contributed by atoms with Crippen molar-refractivity contribution < 1.29 is 43.2 Å². The molecule has 52 heavy (non-hydrogen) atoms. The predicted molar refractivity (Wildman–Crippen MR) is 198 cm³/mol. The number of ether oxygens (including phenoxy) is 2. The van der Waals surface area contributed by atoms with E-state index in [1.807, 2.05) is 0 Å². The van der Waals surface area contributed by atoms with Gasteiger partial charge in [-0.25, -0.2) is 0 Å². The molecule has 0 spiro atoms. The van der Waals surface area contributed by atoms with E-state index in [4.69, 9.17) is 9.47 Å². The summed E-state index contributed by atoms with van der Waals surface area (Å²) in [6, 6.07) is 21.9. The summed E-state index contributed by atoms with van der Waals surface area (Å²) in [4.78, 5) is 2.76. The summed E-state index contributed by atoms with van der Waals surface area (Å²) in [5, 5.41) is 0. The van der Waals surface area contributed by atoms with Crippen molar-refractivity contribution in [2.75, 3.05) is 38.2 Å². The SMILES string of the molecule is CCCCOc1cc(/C=C/c2ccc([S+](C)C)cc2)c(OCCCC)cc1/C=C/c1ccc([S+](C)C)cc1.[F][Sb-]([F])([F])([F])([F])[F].[F][Sb-]([F])([F])([F])([F])[F]. The molecule has 0 saturated heterocycles. The van der Waals surface area contributed by atoms with Crippen molar-refractivity contribution in [2.24, 2.45) is 0 Å². The minimum absolute atomic E-state index is 0.268. The molecule has 0 amide bonds. The van der Waals surface area contributed by atoms with E-state index in [1.54, 1.807) is 0 Å². The van der Waals surface area contributed by atoms with Crippen LogP contribution in [0.25, 0.3) is 24.3 Å². The molecule has 3 rings (SSSR count). The molecule has 0 aromatic heterocycles. The van der Waals surface area contributed by atoms with Crippen LogP contribution in [0.1, 0.15) is 61.8 Å². The number of hydrogen-bond acceptors (Lipinski definition) is 2. The van der Waals surface area contributed by atoms with Gasteiger partial charge in [-0.05, 0) is 60.4 Å². The summed E-state index contributed by atoms with van der Waals surface area (Å²) in [5.74, 6) is 1.79. The first-order valence-corrected chi connectivity index (χ1v) is 31.2. The number of halogens is 12. The van der Waals surface area contributed by atoms with E-state index >= 15 is 0 Å². The molecule has 0 atom stereocenters. The number of rotatable bonds is 14. The Labute approximate surface area is 308 Å². The van der Waals surface area contributed by atoms with Gasteiger partial charge in [-0.15, -0.1) is 0 Å². The third-order valence-electron chi connectivity index (χ3n) is 6.27. The third kappa shape index (κ3) is 27.8. The molecule has 0 aliphatic heterocycles. The molecule has 2 nitrogen and oxygen atoms in total. The molecule has 0 fully saturated rings. The molecular weight excluding hydrogens is 976 g/mol. The number of benzene rings is 3. The Morgan fingerprint density at radius 3 is 0.981 bits per heavy atom. The van der Waals surface area contributed by atoms with Gasteiger partial charge in [0.15, 0.2) is 9.79 Å². The van der Waals surface area contributed by atoms with Crippen molar-refractivity contribution in [3.05, 3.63) is 82.9 Å². The summed E-state index contributed by atoms with van der Waals surface area (Å²) in [6.45, 7) is 5.79. The maximum absolute atomic E-state index is 11.2. The third-order valence-corrected chi connectivity index (χ3v) is 8.70. The van der Waals surface area contributed by atoms with Gasteiger partial charge in [0.1, 0.15) is 36.5 Å². The predicted octanol–water partition coefficient (Wildman–Crippen LogP) is 13.1. The van der Waals surface area contributed by atoms with Crippen LogP contribution in [0.4, 0.5) is 33.8 Å². The minimum atomic E-state index is -11.2. The molecule has 298 valence electrons. The van der Waals surface area contributed by atoms with Gasteiger partial charge in [0.05, 0.1) is 13.2 Å². The zero-order valence-corrected chi connectivity index (χ0v) is 36.1. The van der Waals surface area contributed by atoms with Crippen LogP contribution in [0.15, 0.2) is 70.5 Å². The topological polar surface area (TPSA) is 18.5 Å². The van der Waals surface area contributed by atoms with Crippen LogP contribution in [-0.4, -0.2) is 77.2 Å². The molecular formula is C34H44F12O2S2Sb2. The standard InChI is InChI=1S/C34H44O2S2.12FH.2Sb/c1-7-9-23-35-33-25-30(18-12-28-15-21-32(22-16-28)38(5)6)34(36-24-10-8-2)26-29(33)17-11-27-13-19-31(20-14-27)37(3)4;;;;;;;;;;;;;;/h11-22,25-26H,7-10,23-24H2,1-6H3;12*1H;;/q+2;;;;;;;;;;;;;2*+5/p-12/b17-11+,18-12+;;;;;;;;;;;;;;. The Kier molecular flexibility index (Phi) is 16.5. The fourth-order valence-electron chi connectivity index (χ4n) is 3.83. The van der Waals surface area contributed by atoms with E-state index in [1.165, 1.54) is 20.9 Å². The van der Waals surface area contributed by atoms with E-state index in [-0.39, 0.29) is 21.8 Å². The van der Waals surface area contributed by atoms with E-state index in [0.29, 0.717) is 13.2 Å². The summed E-state index contributed by atoms with van der Waals surface area (Å²) in [5.41, 5.74) is 4.45. The van der Waals surface area contributed by atoms with Gasteiger partial charge in [0.2, 0.25) is 0 Å². The van der Waals surface area contributed by atoms with Crippen LogP contribution in [0.2, 0.25) is 0 Å². The Hall–Kier alpha value is -1.76. The number of unbranched alkanes of at least 4 members (excludes halogenated alkanes) is 2. The first-order chi connectivity index (χ1) is 23.3. The van der Waals surface area contributed by atoms with Gasteiger partial charge in [0, 0.05) is 32.9 Å². The molecule has 0 radical (unpaired) electrons. The zero-order valence-electron chi connectivity index (χ0n) is 29.4. The maximum atomic E-state index is 9.93. The molecule has 0 heterocycles. The quantitative estimate of drug-likeness (QED) is 0.0527. The monoisotopic (exact) mass is 1020 g/mol. The fourth-order valence-corrected chi connectivity index (χ4v) is 5.19. The second-order valence-electron chi connectivity index (χ2n) is 11.7. The van der Waals surface area contributed by atoms with Gasteiger partial charge >= 0.3 is 72.7 Å². The summed E-state index contributed by atoms with van der Waals surface area (Å²) in [6.07, 6.45) is 21.9. The van der Waals surface area contributed by atoms with E-state index in [9.17, 15) is 33.8 Å². The van der Waals surface area contributed by atoms with Crippen LogP contribution in [0.3, 0.4) is 0 Å². The zero-order chi connectivity index (χ0) is 40.1. The molecule has 18 heteroatoms. The molecule has 3 aromatic rings. The Bertz CT molecular complexity index is 1480. The average molecular weight is 1020 g/mol. The summed E-state index contributed by atoms with van der Waals surface area (Å²) in [7, 11) is 0.536. The number of hydrogen-bond donors (Lipinski definition) is 0. The van der Waals surface area contributed by atoms with E-state index in [2.05, 4.69) is 124 Å². The van der Waals surface area contributed by atoms with Crippen molar-refractivity contribution in [3.8, 4) is 11.5 Å². The van der Waals surface area contributed by atoms with Crippen LogP contribution >= 0.6 is 0 Å². The summed E-state index contributed by atoms with van der Waals surface area (Å²) < 4.78 is 132.